The zero-order valence-corrected chi connectivity index (χ0v) is 20.2. The van der Waals surface area contributed by atoms with Gasteiger partial charge in [0.1, 0.15) is 0 Å². The molecule has 12 heteroatoms. The Kier molecular flexibility index (Phi) is 5.85. The first-order chi connectivity index (χ1) is 18.5. The highest BCUT2D eigenvalue weighted by atomic mass is 16.6. The first kappa shape index (κ1) is 23.4. The monoisotopic (exact) mass is 510 g/mol. The van der Waals surface area contributed by atoms with Crippen LogP contribution in [0.1, 0.15) is 5.56 Å². The molecule has 3 heterocycles. The number of nitro groups is 2. The van der Waals surface area contributed by atoms with Crippen molar-refractivity contribution in [3.63, 3.8) is 0 Å². The summed E-state index contributed by atoms with van der Waals surface area (Å²) in [5.74, 6) is 1.00. The van der Waals surface area contributed by atoms with Crippen molar-refractivity contribution in [2.24, 2.45) is 0 Å². The van der Waals surface area contributed by atoms with Gasteiger partial charge in [0.15, 0.2) is 11.5 Å². The van der Waals surface area contributed by atoms with Crippen LogP contribution in [0.3, 0.4) is 0 Å². The fraction of sp³-hybridized carbons (Fsp3) is 0.192. The Balaban J connectivity index is 1.35. The summed E-state index contributed by atoms with van der Waals surface area (Å²) in [6, 6.07) is 20.8. The largest absolute Gasteiger partial charge is 0.339 e. The Labute approximate surface area is 216 Å². The lowest BCUT2D eigenvalue weighted by Gasteiger charge is -2.35. The van der Waals surface area contributed by atoms with Crippen LogP contribution in [0.2, 0.25) is 0 Å². The molecule has 0 saturated carbocycles. The average Bonchev–Trinajstić information content (AvgIpc) is 3.39. The molecular formula is C26H22N8O4. The summed E-state index contributed by atoms with van der Waals surface area (Å²) in [4.78, 5) is 31.3. The summed E-state index contributed by atoms with van der Waals surface area (Å²) in [5.41, 5.74) is 2.77. The molecule has 2 aromatic heterocycles. The number of anilines is 1. The molecule has 38 heavy (non-hydrogen) atoms. The van der Waals surface area contributed by atoms with Crippen LogP contribution in [0.15, 0.2) is 72.8 Å². The van der Waals surface area contributed by atoms with Gasteiger partial charge in [-0.15, -0.1) is 10.2 Å². The van der Waals surface area contributed by atoms with E-state index in [-0.39, 0.29) is 11.4 Å². The predicted molar refractivity (Wildman–Crippen MR) is 141 cm³/mol. The lowest BCUT2D eigenvalue weighted by atomic mass is 10.1. The third-order valence-corrected chi connectivity index (χ3v) is 6.78. The summed E-state index contributed by atoms with van der Waals surface area (Å²) in [5, 5.41) is 32.3. The molecular weight excluding hydrogens is 488 g/mol. The number of nitrogens with zero attached hydrogens (tertiary/aromatic N) is 8. The molecule has 6 rings (SSSR count). The van der Waals surface area contributed by atoms with Crippen molar-refractivity contribution < 1.29 is 9.85 Å². The molecule has 0 amide bonds. The summed E-state index contributed by atoms with van der Waals surface area (Å²) in [7, 11) is 0. The zero-order valence-electron chi connectivity index (χ0n) is 20.2. The minimum Gasteiger partial charge on any atom is -0.339 e. The normalized spacial score (nSPS) is 14.3. The van der Waals surface area contributed by atoms with Gasteiger partial charge in [-0.05, 0) is 23.8 Å². The maximum atomic E-state index is 11.8. The van der Waals surface area contributed by atoms with Crippen LogP contribution in [-0.4, -0.2) is 60.5 Å². The molecule has 0 bridgehead atoms. The van der Waals surface area contributed by atoms with E-state index in [1.165, 1.54) is 18.2 Å². The second-order valence-electron chi connectivity index (χ2n) is 9.07. The van der Waals surface area contributed by atoms with Crippen LogP contribution in [0.5, 0.6) is 0 Å². The number of benzene rings is 3. The number of aromatic nitrogens is 4. The number of piperazine rings is 1. The maximum absolute atomic E-state index is 11.8. The summed E-state index contributed by atoms with van der Waals surface area (Å²) < 4.78 is 1.82. The molecule has 0 radical (unpaired) electrons. The molecule has 1 fully saturated rings. The molecule has 1 aliphatic heterocycles. The highest BCUT2D eigenvalue weighted by molar-refractivity contribution is 5.93. The van der Waals surface area contributed by atoms with E-state index >= 15 is 0 Å². The van der Waals surface area contributed by atoms with Crippen molar-refractivity contribution in [3.8, 4) is 11.4 Å². The van der Waals surface area contributed by atoms with Crippen LogP contribution in [0.25, 0.3) is 27.9 Å². The Morgan fingerprint density at radius 1 is 0.789 bits per heavy atom. The van der Waals surface area contributed by atoms with Gasteiger partial charge in [0, 0.05) is 56.3 Å². The molecule has 1 saturated heterocycles. The fourth-order valence-electron chi connectivity index (χ4n) is 4.86. The van der Waals surface area contributed by atoms with Crippen LogP contribution in [0, 0.1) is 20.2 Å². The van der Waals surface area contributed by atoms with Gasteiger partial charge in [0.05, 0.1) is 20.9 Å². The number of nitro benzene ring substituents is 2. The first-order valence-corrected chi connectivity index (χ1v) is 12.1. The second-order valence-corrected chi connectivity index (χ2v) is 9.07. The fourth-order valence-corrected chi connectivity index (χ4v) is 4.86. The highest BCUT2D eigenvalue weighted by Crippen LogP contribution is 2.33. The number of para-hydroxylation sites is 2. The van der Waals surface area contributed by atoms with Gasteiger partial charge in [-0.25, -0.2) is 9.38 Å². The van der Waals surface area contributed by atoms with Gasteiger partial charge in [0.2, 0.25) is 5.95 Å². The molecule has 0 N–H and O–H groups in total. The van der Waals surface area contributed by atoms with Crippen LogP contribution < -0.4 is 4.90 Å². The lowest BCUT2D eigenvalue weighted by Crippen LogP contribution is -2.46. The first-order valence-electron chi connectivity index (χ1n) is 12.1. The van der Waals surface area contributed by atoms with Gasteiger partial charge in [0.25, 0.3) is 11.4 Å². The molecule has 0 spiro atoms. The van der Waals surface area contributed by atoms with Gasteiger partial charge in [-0.2, -0.15) is 0 Å². The molecule has 0 atom stereocenters. The average molecular weight is 511 g/mol. The van der Waals surface area contributed by atoms with Crippen molar-refractivity contribution >= 4 is 33.9 Å². The Hall–Kier alpha value is -4.97. The van der Waals surface area contributed by atoms with Crippen molar-refractivity contribution in [1.82, 2.24) is 24.5 Å². The van der Waals surface area contributed by atoms with Gasteiger partial charge in [-0.3, -0.25) is 25.1 Å². The molecule has 190 valence electrons. The SMILES string of the molecule is O=[N+]([O-])c1ccc(CN2CCN(c3nc4ccccc4c4nnc(-c5ccccc5[N+](=O)[O-])n34)CC2)cc1. The van der Waals surface area contributed by atoms with E-state index in [0.29, 0.717) is 42.6 Å². The smallest absolute Gasteiger partial charge is 0.280 e. The molecule has 5 aromatic rings. The minimum absolute atomic E-state index is 0.0474. The van der Waals surface area contributed by atoms with Crippen LogP contribution in [0.4, 0.5) is 17.3 Å². The Morgan fingerprint density at radius 2 is 1.50 bits per heavy atom. The number of hydrogen-bond donors (Lipinski definition) is 0. The van der Waals surface area contributed by atoms with Crippen LogP contribution in [-0.2, 0) is 6.54 Å². The van der Waals surface area contributed by atoms with E-state index in [9.17, 15) is 20.2 Å². The van der Waals surface area contributed by atoms with Gasteiger partial charge in [-0.1, -0.05) is 36.4 Å². The number of hydrogen-bond acceptors (Lipinski definition) is 9. The Bertz CT molecular complexity index is 1680. The topological polar surface area (TPSA) is 136 Å². The van der Waals surface area contributed by atoms with E-state index in [4.69, 9.17) is 4.98 Å². The second kappa shape index (κ2) is 9.48. The lowest BCUT2D eigenvalue weighted by molar-refractivity contribution is -0.384. The summed E-state index contributed by atoms with van der Waals surface area (Å²) in [6.07, 6.45) is 0. The molecule has 1 aliphatic rings. The third-order valence-electron chi connectivity index (χ3n) is 6.78. The van der Waals surface area contributed by atoms with E-state index < -0.39 is 9.85 Å². The van der Waals surface area contributed by atoms with Crippen LogP contribution >= 0.6 is 0 Å². The third kappa shape index (κ3) is 4.16. The number of non-ortho nitro benzene ring substituents is 1. The molecule has 12 nitrogen and oxygen atoms in total. The minimum atomic E-state index is -0.415. The van der Waals surface area contributed by atoms with E-state index in [2.05, 4.69) is 20.0 Å². The van der Waals surface area contributed by atoms with E-state index in [0.717, 1.165) is 29.6 Å². The molecule has 3 aromatic carbocycles. The summed E-state index contributed by atoms with van der Waals surface area (Å²) in [6.45, 7) is 3.51. The molecule has 0 aliphatic carbocycles. The van der Waals surface area contributed by atoms with E-state index in [1.54, 1.807) is 30.3 Å². The maximum Gasteiger partial charge on any atom is 0.280 e. The quantitative estimate of drug-likeness (QED) is 0.244. The standard InChI is InChI=1S/C26H22N8O4/c35-33(36)19-11-9-18(10-12-19)17-30-13-15-31(16-14-30)26-27-22-7-3-1-5-20(22)24-28-29-25(32(24)26)21-6-2-4-8-23(21)34(37)38/h1-12H,13-17H2. The van der Waals surface area contributed by atoms with Crippen molar-refractivity contribution in [2.75, 3.05) is 31.1 Å². The molecule has 0 unspecified atom stereocenters. The van der Waals surface area contributed by atoms with Crippen molar-refractivity contribution in [1.29, 1.82) is 0 Å². The van der Waals surface area contributed by atoms with Crippen molar-refractivity contribution in [3.05, 3.63) is 98.6 Å². The highest BCUT2D eigenvalue weighted by Gasteiger charge is 2.26. The zero-order chi connectivity index (χ0) is 26.2. The van der Waals surface area contributed by atoms with Gasteiger partial charge < -0.3 is 4.90 Å². The number of fused-ring (bicyclic) bond motifs is 3. The Morgan fingerprint density at radius 3 is 2.24 bits per heavy atom. The number of rotatable bonds is 6. The van der Waals surface area contributed by atoms with Crippen molar-refractivity contribution in [2.45, 2.75) is 6.54 Å². The van der Waals surface area contributed by atoms with Gasteiger partial charge >= 0.3 is 0 Å². The summed E-state index contributed by atoms with van der Waals surface area (Å²) >= 11 is 0. The van der Waals surface area contributed by atoms with E-state index in [1.807, 2.05) is 28.7 Å². The predicted octanol–water partition coefficient (Wildman–Crippen LogP) is 4.08.